The molecule has 1 saturated heterocycles. The number of nitrogens with zero attached hydrogens (tertiary/aromatic N) is 3. The largest absolute Gasteiger partial charge is 0.463 e. The van der Waals surface area contributed by atoms with E-state index in [4.69, 9.17) is 21.1 Å². The van der Waals surface area contributed by atoms with Crippen LogP contribution in [-0.2, 0) is 19.1 Å². The summed E-state index contributed by atoms with van der Waals surface area (Å²) in [5.74, 6) is -0.546. The fourth-order valence-electron chi connectivity index (χ4n) is 4.31. The minimum Gasteiger partial charge on any atom is -0.463 e. The van der Waals surface area contributed by atoms with Crippen LogP contribution in [0.4, 0.5) is 4.79 Å². The Bertz CT molecular complexity index is 937. The number of benzene rings is 1. The molecule has 0 aromatic heterocycles. The van der Waals surface area contributed by atoms with Crippen molar-refractivity contribution < 1.29 is 23.9 Å². The van der Waals surface area contributed by atoms with E-state index in [0.29, 0.717) is 48.0 Å². The number of piperazine rings is 1. The smallest absolute Gasteiger partial charge is 0.338 e. The fourth-order valence-corrected chi connectivity index (χ4v) is 4.55. The number of urea groups is 1. The number of likely N-dealkylation sites (N-methyl/N-ethyl adjacent to an activating group) is 1. The fraction of sp³-hybridized carbons (Fsp3) is 0.522. The molecule has 0 bridgehead atoms. The van der Waals surface area contributed by atoms with E-state index in [1.807, 2.05) is 13.0 Å². The molecule has 0 saturated carbocycles. The Morgan fingerprint density at radius 1 is 1.24 bits per heavy atom. The van der Waals surface area contributed by atoms with Gasteiger partial charge in [-0.1, -0.05) is 29.8 Å². The van der Waals surface area contributed by atoms with Crippen LogP contribution in [0.25, 0.3) is 0 Å². The first-order valence-electron chi connectivity index (χ1n) is 11.0. The summed E-state index contributed by atoms with van der Waals surface area (Å²) < 4.78 is 10.4. The Hall–Kier alpha value is -2.62. The van der Waals surface area contributed by atoms with E-state index in [2.05, 4.69) is 10.2 Å². The highest BCUT2D eigenvalue weighted by atomic mass is 35.5. The Morgan fingerprint density at radius 2 is 1.97 bits per heavy atom. The number of carbonyl (C=O) groups excluding carboxylic acids is 3. The maximum Gasteiger partial charge on any atom is 0.338 e. The minimum absolute atomic E-state index is 0.0323. The molecular formula is C23H31ClN4O5. The van der Waals surface area contributed by atoms with Crippen molar-refractivity contribution in [1.29, 1.82) is 0 Å². The Labute approximate surface area is 199 Å². The quantitative estimate of drug-likeness (QED) is 0.603. The van der Waals surface area contributed by atoms with Gasteiger partial charge in [-0.25, -0.2) is 9.59 Å². The molecule has 2 atom stereocenters. The number of amides is 3. The second kappa shape index (κ2) is 11.0. The summed E-state index contributed by atoms with van der Waals surface area (Å²) in [7, 11) is 3.13. The van der Waals surface area contributed by atoms with Crippen LogP contribution in [0.5, 0.6) is 0 Å². The van der Waals surface area contributed by atoms with Crippen LogP contribution >= 0.6 is 11.6 Å². The van der Waals surface area contributed by atoms with Crippen molar-refractivity contribution in [1.82, 2.24) is 20.0 Å². The zero-order valence-corrected chi connectivity index (χ0v) is 20.2. The van der Waals surface area contributed by atoms with Gasteiger partial charge in [-0.2, -0.15) is 0 Å². The molecule has 1 N–H and O–H groups in total. The van der Waals surface area contributed by atoms with Crippen molar-refractivity contribution in [3.63, 3.8) is 0 Å². The Kier molecular flexibility index (Phi) is 8.34. The van der Waals surface area contributed by atoms with Crippen LogP contribution in [0.1, 0.15) is 25.5 Å². The van der Waals surface area contributed by atoms with E-state index in [9.17, 15) is 14.4 Å². The topological polar surface area (TPSA) is 91.4 Å². The molecule has 9 nitrogen and oxygen atoms in total. The van der Waals surface area contributed by atoms with Gasteiger partial charge in [-0.3, -0.25) is 14.6 Å². The summed E-state index contributed by atoms with van der Waals surface area (Å²) in [5.41, 5.74) is 1.55. The van der Waals surface area contributed by atoms with E-state index in [0.717, 1.165) is 0 Å². The molecule has 1 fully saturated rings. The van der Waals surface area contributed by atoms with E-state index in [1.165, 1.54) is 12.0 Å². The molecule has 3 amide bonds. The molecule has 10 heteroatoms. The first-order chi connectivity index (χ1) is 15.8. The van der Waals surface area contributed by atoms with Gasteiger partial charge in [0, 0.05) is 57.1 Å². The highest BCUT2D eigenvalue weighted by molar-refractivity contribution is 6.31. The molecule has 1 aromatic rings. The van der Waals surface area contributed by atoms with Gasteiger partial charge in [-0.05, 0) is 25.5 Å². The molecule has 1 aromatic carbocycles. The van der Waals surface area contributed by atoms with Gasteiger partial charge in [0.2, 0.25) is 5.91 Å². The molecule has 0 radical (unpaired) electrons. The number of rotatable bonds is 7. The summed E-state index contributed by atoms with van der Waals surface area (Å²) in [6.45, 7) is 6.07. The third-order valence-corrected chi connectivity index (χ3v) is 6.31. The lowest BCUT2D eigenvalue weighted by atomic mass is 9.94. The Balaban J connectivity index is 1.94. The van der Waals surface area contributed by atoms with Crippen molar-refractivity contribution in [2.75, 3.05) is 53.6 Å². The Morgan fingerprint density at radius 3 is 2.61 bits per heavy atom. The number of nitrogens with one attached hydrogen (secondary N) is 1. The molecular weight excluding hydrogens is 448 g/mol. The number of ether oxygens (including phenoxy) is 2. The average Bonchev–Trinajstić information content (AvgIpc) is 2.77. The molecule has 3 rings (SSSR count). The SMILES string of the molecule is CCOC(=O)C1=C(CN2CCN(C(=O)COC)[C@H](C)C2)N(C)C(=O)N[C@@H]1c1ccccc1Cl. The van der Waals surface area contributed by atoms with Gasteiger partial charge in [0.05, 0.1) is 18.2 Å². The summed E-state index contributed by atoms with van der Waals surface area (Å²) in [6, 6.07) is 6.03. The minimum atomic E-state index is -0.724. The third-order valence-electron chi connectivity index (χ3n) is 5.96. The van der Waals surface area contributed by atoms with Crippen LogP contribution in [0.2, 0.25) is 5.02 Å². The van der Waals surface area contributed by atoms with Crippen molar-refractivity contribution >= 4 is 29.5 Å². The predicted molar refractivity (Wildman–Crippen MR) is 124 cm³/mol. The molecule has 0 unspecified atom stereocenters. The highest BCUT2D eigenvalue weighted by Gasteiger charge is 2.39. The molecule has 0 spiro atoms. The van der Waals surface area contributed by atoms with Crippen LogP contribution in [0.3, 0.4) is 0 Å². The number of methoxy groups -OCH3 is 1. The van der Waals surface area contributed by atoms with Gasteiger partial charge in [0.25, 0.3) is 0 Å². The summed E-state index contributed by atoms with van der Waals surface area (Å²) in [6.07, 6.45) is 0. The maximum atomic E-state index is 13.1. The van der Waals surface area contributed by atoms with Crippen molar-refractivity contribution in [2.45, 2.75) is 25.9 Å². The number of hydrogen-bond acceptors (Lipinski definition) is 6. The number of halogens is 1. The molecule has 2 aliphatic heterocycles. The van der Waals surface area contributed by atoms with Crippen LogP contribution in [0.15, 0.2) is 35.5 Å². The van der Waals surface area contributed by atoms with Crippen LogP contribution < -0.4 is 5.32 Å². The second-order valence-corrected chi connectivity index (χ2v) is 8.56. The van der Waals surface area contributed by atoms with E-state index in [-0.39, 0.29) is 31.2 Å². The predicted octanol–water partition coefficient (Wildman–Crippen LogP) is 2.03. The van der Waals surface area contributed by atoms with Crippen molar-refractivity contribution in [3.8, 4) is 0 Å². The average molecular weight is 479 g/mol. The summed E-state index contributed by atoms with van der Waals surface area (Å²) in [5, 5.41) is 3.33. The monoisotopic (exact) mass is 478 g/mol. The second-order valence-electron chi connectivity index (χ2n) is 8.15. The zero-order valence-electron chi connectivity index (χ0n) is 19.5. The van der Waals surface area contributed by atoms with Crippen molar-refractivity contribution in [3.05, 3.63) is 46.1 Å². The lowest BCUT2D eigenvalue weighted by Gasteiger charge is -2.42. The third kappa shape index (κ3) is 5.48. The summed E-state index contributed by atoms with van der Waals surface area (Å²) in [4.78, 5) is 43.6. The molecule has 0 aliphatic carbocycles. The maximum absolute atomic E-state index is 13.1. The number of carbonyl (C=O) groups is 3. The summed E-state index contributed by atoms with van der Waals surface area (Å²) >= 11 is 6.42. The zero-order chi connectivity index (χ0) is 24.1. The van der Waals surface area contributed by atoms with E-state index >= 15 is 0 Å². The molecule has 2 aliphatic rings. The molecule has 2 heterocycles. The van der Waals surface area contributed by atoms with Gasteiger partial charge >= 0.3 is 12.0 Å². The van der Waals surface area contributed by atoms with Gasteiger partial charge in [-0.15, -0.1) is 0 Å². The van der Waals surface area contributed by atoms with Crippen LogP contribution in [0, 0.1) is 0 Å². The van der Waals surface area contributed by atoms with E-state index in [1.54, 1.807) is 37.1 Å². The van der Waals surface area contributed by atoms with Crippen molar-refractivity contribution in [2.24, 2.45) is 0 Å². The highest BCUT2D eigenvalue weighted by Crippen LogP contribution is 2.34. The molecule has 33 heavy (non-hydrogen) atoms. The number of esters is 1. The molecule has 180 valence electrons. The first kappa shape index (κ1) is 25.0. The normalized spacial score (nSPS) is 21.8. The van der Waals surface area contributed by atoms with E-state index < -0.39 is 12.0 Å². The van der Waals surface area contributed by atoms with Crippen LogP contribution in [-0.4, -0.2) is 92.2 Å². The van der Waals surface area contributed by atoms with Gasteiger partial charge in [0.1, 0.15) is 6.61 Å². The van der Waals surface area contributed by atoms with Gasteiger partial charge in [0.15, 0.2) is 0 Å². The lowest BCUT2D eigenvalue weighted by Crippen LogP contribution is -2.56. The first-order valence-corrected chi connectivity index (χ1v) is 11.4. The lowest BCUT2D eigenvalue weighted by molar-refractivity contribution is -0.139. The standard InChI is InChI=1S/C23H31ClN4O5/c1-5-33-22(30)20-18(13-27-10-11-28(15(2)12-27)19(29)14-32-4)26(3)23(31)25-21(20)16-8-6-7-9-17(16)24/h6-9,15,21H,5,10-14H2,1-4H3,(H,25,31)/t15-,21-/m1/s1. The number of hydrogen-bond donors (Lipinski definition) is 1. The van der Waals surface area contributed by atoms with Gasteiger partial charge < -0.3 is 19.7 Å².